The molecule has 3 heterocycles. The molecule has 0 unspecified atom stereocenters. The third kappa shape index (κ3) is 5.44. The van der Waals surface area contributed by atoms with Gasteiger partial charge in [-0.1, -0.05) is 6.07 Å². The first-order chi connectivity index (χ1) is 12.9. The third-order valence-corrected chi connectivity index (χ3v) is 5.82. The fourth-order valence-corrected chi connectivity index (χ4v) is 3.37. The van der Waals surface area contributed by atoms with Gasteiger partial charge in [-0.2, -0.15) is 0 Å². The molecule has 1 aromatic heterocycles. The second kappa shape index (κ2) is 8.90. The molecule has 150 valence electrons. The molecule has 27 heavy (non-hydrogen) atoms. The monoisotopic (exact) mass is 375 g/mol. The summed E-state index contributed by atoms with van der Waals surface area (Å²) in [4.78, 5) is 6.93. The lowest BCUT2D eigenvalue weighted by Gasteiger charge is -2.32. The second-order valence-electron chi connectivity index (χ2n) is 8.45. The van der Waals surface area contributed by atoms with Gasteiger partial charge in [0.2, 0.25) is 0 Å². The van der Waals surface area contributed by atoms with Crippen LogP contribution in [0.4, 0.5) is 5.82 Å². The Morgan fingerprint density at radius 1 is 1.11 bits per heavy atom. The SMILES string of the molecule is CC1(C)OB(CCCOCCc2ccc(N3CCNCC3)nc2)OC1(C)C. The van der Waals surface area contributed by atoms with Gasteiger partial charge >= 0.3 is 7.12 Å². The Labute approximate surface area is 164 Å². The average molecular weight is 375 g/mol. The van der Waals surface area contributed by atoms with E-state index < -0.39 is 0 Å². The van der Waals surface area contributed by atoms with E-state index in [4.69, 9.17) is 14.0 Å². The smallest absolute Gasteiger partial charge is 0.403 e. The van der Waals surface area contributed by atoms with Gasteiger partial charge in [0.05, 0.1) is 17.8 Å². The molecule has 2 saturated heterocycles. The Kier molecular flexibility index (Phi) is 6.79. The molecular weight excluding hydrogens is 341 g/mol. The van der Waals surface area contributed by atoms with Crippen molar-refractivity contribution in [1.82, 2.24) is 10.3 Å². The quantitative estimate of drug-likeness (QED) is 0.557. The van der Waals surface area contributed by atoms with Gasteiger partial charge < -0.3 is 24.3 Å². The first kappa shape index (κ1) is 20.6. The van der Waals surface area contributed by atoms with E-state index in [9.17, 15) is 0 Å². The highest BCUT2D eigenvalue weighted by Crippen LogP contribution is 2.37. The van der Waals surface area contributed by atoms with Crippen molar-refractivity contribution in [3.8, 4) is 0 Å². The van der Waals surface area contributed by atoms with E-state index in [2.05, 4.69) is 55.0 Å². The largest absolute Gasteiger partial charge is 0.457 e. The van der Waals surface area contributed by atoms with Gasteiger partial charge in [0.1, 0.15) is 5.82 Å². The number of rotatable bonds is 8. The van der Waals surface area contributed by atoms with Crippen LogP contribution < -0.4 is 10.2 Å². The minimum atomic E-state index is -0.248. The standard InChI is InChI=1S/C20H34BN3O3/c1-19(2)20(3,4)27-21(26-19)9-5-14-25-15-8-17-6-7-18(23-16-17)24-12-10-22-11-13-24/h6-7,16,22H,5,8-15H2,1-4H3. The lowest BCUT2D eigenvalue weighted by molar-refractivity contribution is 0.00578. The summed E-state index contributed by atoms with van der Waals surface area (Å²) in [7, 11) is -0.125. The van der Waals surface area contributed by atoms with Crippen molar-refractivity contribution < 1.29 is 14.0 Å². The van der Waals surface area contributed by atoms with Crippen LogP contribution in [0.1, 0.15) is 39.7 Å². The fourth-order valence-electron chi connectivity index (χ4n) is 3.37. The summed E-state index contributed by atoms with van der Waals surface area (Å²) in [5.41, 5.74) is 0.727. The number of ether oxygens (including phenoxy) is 1. The molecule has 3 rings (SSSR count). The topological polar surface area (TPSA) is 55.9 Å². The van der Waals surface area contributed by atoms with E-state index >= 15 is 0 Å². The number of nitrogens with one attached hydrogen (secondary N) is 1. The summed E-state index contributed by atoms with van der Waals surface area (Å²) in [6.45, 7) is 13.9. The molecule has 0 aliphatic carbocycles. The van der Waals surface area contributed by atoms with Crippen LogP contribution >= 0.6 is 0 Å². The highest BCUT2D eigenvalue weighted by molar-refractivity contribution is 6.45. The van der Waals surface area contributed by atoms with Crippen molar-refractivity contribution in [1.29, 1.82) is 0 Å². The molecule has 2 aliphatic rings. The van der Waals surface area contributed by atoms with E-state index in [1.165, 1.54) is 5.56 Å². The van der Waals surface area contributed by atoms with Gasteiger partial charge in [-0.3, -0.25) is 0 Å². The normalized spacial score (nSPS) is 21.6. The van der Waals surface area contributed by atoms with Gasteiger partial charge in [0, 0.05) is 39.0 Å². The molecule has 2 fully saturated rings. The zero-order chi connectivity index (χ0) is 19.3. The number of piperazine rings is 1. The molecule has 1 N–H and O–H groups in total. The zero-order valence-electron chi connectivity index (χ0n) is 17.3. The predicted molar refractivity (Wildman–Crippen MR) is 109 cm³/mol. The zero-order valence-corrected chi connectivity index (χ0v) is 17.3. The predicted octanol–water partition coefficient (Wildman–Crippen LogP) is 2.53. The van der Waals surface area contributed by atoms with Crippen LogP contribution in [0.15, 0.2) is 18.3 Å². The number of aromatic nitrogens is 1. The number of hydrogen-bond donors (Lipinski definition) is 1. The molecule has 6 nitrogen and oxygen atoms in total. The molecule has 0 aromatic carbocycles. The average Bonchev–Trinajstić information content (AvgIpc) is 2.86. The van der Waals surface area contributed by atoms with Crippen molar-refractivity contribution in [2.45, 2.75) is 58.1 Å². The molecule has 0 spiro atoms. The van der Waals surface area contributed by atoms with Crippen molar-refractivity contribution >= 4 is 12.9 Å². The number of anilines is 1. The summed E-state index contributed by atoms with van der Waals surface area (Å²) in [6, 6.07) is 4.29. The molecule has 0 radical (unpaired) electrons. The van der Waals surface area contributed by atoms with Crippen molar-refractivity contribution in [3.63, 3.8) is 0 Å². The van der Waals surface area contributed by atoms with Gasteiger partial charge in [-0.05, 0) is 58.5 Å². The van der Waals surface area contributed by atoms with Gasteiger partial charge in [-0.15, -0.1) is 0 Å². The number of hydrogen-bond acceptors (Lipinski definition) is 6. The van der Waals surface area contributed by atoms with Gasteiger partial charge in [0.25, 0.3) is 0 Å². The summed E-state index contributed by atoms with van der Waals surface area (Å²) >= 11 is 0. The Morgan fingerprint density at radius 2 is 1.81 bits per heavy atom. The minimum Gasteiger partial charge on any atom is -0.403 e. The van der Waals surface area contributed by atoms with E-state index in [1.54, 1.807) is 0 Å². The molecular formula is C20H34BN3O3. The van der Waals surface area contributed by atoms with Gasteiger partial charge in [-0.25, -0.2) is 4.98 Å². The molecule has 0 bridgehead atoms. The summed E-state index contributed by atoms with van der Waals surface area (Å²) < 4.78 is 17.8. The van der Waals surface area contributed by atoms with Crippen LogP contribution in [0, 0.1) is 0 Å². The Hall–Kier alpha value is -1.15. The second-order valence-corrected chi connectivity index (χ2v) is 8.45. The molecule has 0 atom stereocenters. The summed E-state index contributed by atoms with van der Waals surface area (Å²) in [6.07, 6.45) is 4.68. The maximum absolute atomic E-state index is 6.01. The van der Waals surface area contributed by atoms with Crippen LogP contribution in [0.5, 0.6) is 0 Å². The Bertz CT molecular complexity index is 573. The van der Waals surface area contributed by atoms with Crippen LogP contribution in [-0.2, 0) is 20.5 Å². The third-order valence-electron chi connectivity index (χ3n) is 5.82. The first-order valence-corrected chi connectivity index (χ1v) is 10.2. The van der Waals surface area contributed by atoms with E-state index in [0.717, 1.165) is 64.4 Å². The van der Waals surface area contributed by atoms with E-state index in [1.807, 2.05) is 6.20 Å². The van der Waals surface area contributed by atoms with Crippen molar-refractivity contribution in [2.24, 2.45) is 0 Å². The fraction of sp³-hybridized carbons (Fsp3) is 0.750. The van der Waals surface area contributed by atoms with Crippen LogP contribution in [0.3, 0.4) is 0 Å². The highest BCUT2D eigenvalue weighted by Gasteiger charge is 2.50. The van der Waals surface area contributed by atoms with E-state index in [0.29, 0.717) is 0 Å². The summed E-state index contributed by atoms with van der Waals surface area (Å²) in [5, 5.41) is 3.36. The molecule has 2 aliphatic heterocycles. The molecule has 0 saturated carbocycles. The first-order valence-electron chi connectivity index (χ1n) is 10.2. The Morgan fingerprint density at radius 3 is 2.44 bits per heavy atom. The maximum Gasteiger partial charge on any atom is 0.457 e. The van der Waals surface area contributed by atoms with Crippen LogP contribution in [0.25, 0.3) is 0 Å². The highest BCUT2D eigenvalue weighted by atomic mass is 16.7. The molecule has 7 heteroatoms. The van der Waals surface area contributed by atoms with Crippen molar-refractivity contribution in [3.05, 3.63) is 23.9 Å². The Balaban J connectivity index is 1.29. The van der Waals surface area contributed by atoms with E-state index in [-0.39, 0.29) is 18.3 Å². The summed E-state index contributed by atoms with van der Waals surface area (Å²) in [5.74, 6) is 1.07. The van der Waals surface area contributed by atoms with Crippen LogP contribution in [0.2, 0.25) is 6.32 Å². The van der Waals surface area contributed by atoms with Crippen molar-refractivity contribution in [2.75, 3.05) is 44.3 Å². The lowest BCUT2D eigenvalue weighted by atomic mass is 9.83. The molecule has 1 aromatic rings. The van der Waals surface area contributed by atoms with Crippen LogP contribution in [-0.4, -0.2) is 62.7 Å². The van der Waals surface area contributed by atoms with Gasteiger partial charge in [0.15, 0.2) is 0 Å². The molecule has 0 amide bonds. The maximum atomic E-state index is 6.01. The number of pyridine rings is 1. The minimum absolute atomic E-state index is 0.125. The lowest BCUT2D eigenvalue weighted by Crippen LogP contribution is -2.43. The number of nitrogens with zero attached hydrogens (tertiary/aromatic N) is 2.